The molecule has 0 aliphatic heterocycles. The van der Waals surface area contributed by atoms with Crippen LogP contribution in [0.5, 0.6) is 0 Å². The summed E-state index contributed by atoms with van der Waals surface area (Å²) < 4.78 is 0. The third-order valence-electron chi connectivity index (χ3n) is 3.06. The maximum absolute atomic E-state index is 9.38. The molecule has 0 aliphatic carbocycles. The molecular weight excluding hydrogens is 268 g/mol. The predicted octanol–water partition coefficient (Wildman–Crippen LogP) is 1.39. The van der Waals surface area contributed by atoms with Gasteiger partial charge in [0.15, 0.2) is 0 Å². The minimum absolute atomic E-state index is 0.402. The van der Waals surface area contributed by atoms with Crippen molar-refractivity contribution < 1.29 is 5.11 Å². The van der Waals surface area contributed by atoms with Crippen molar-refractivity contribution in [1.82, 2.24) is 20.2 Å². The van der Waals surface area contributed by atoms with Crippen molar-refractivity contribution in [3.05, 3.63) is 30.6 Å². The standard InChI is InChI=1S/C14H16N6O/c1-8(21)6-16-11-5-13(15)19-12-4-9(7-17-14(11)12)10-2-3-18-20-10/h2-5,7-8,21H,6H2,1H3,(H,18,20)(H3,15,16,19)/t8-/m1/s1. The van der Waals surface area contributed by atoms with E-state index in [2.05, 4.69) is 25.5 Å². The van der Waals surface area contributed by atoms with Crippen LogP contribution >= 0.6 is 0 Å². The fourth-order valence-electron chi connectivity index (χ4n) is 2.09. The van der Waals surface area contributed by atoms with Crippen LogP contribution in [0.25, 0.3) is 22.3 Å². The van der Waals surface area contributed by atoms with Crippen molar-refractivity contribution in [1.29, 1.82) is 0 Å². The van der Waals surface area contributed by atoms with Crippen molar-refractivity contribution in [2.24, 2.45) is 0 Å². The number of nitrogens with two attached hydrogens (primary N) is 1. The normalized spacial score (nSPS) is 12.5. The number of aromatic nitrogens is 4. The maximum Gasteiger partial charge on any atom is 0.126 e. The van der Waals surface area contributed by atoms with Gasteiger partial charge in [0.05, 0.1) is 23.0 Å². The molecule has 3 aromatic rings. The van der Waals surface area contributed by atoms with E-state index in [9.17, 15) is 5.11 Å². The summed E-state index contributed by atoms with van der Waals surface area (Å²) in [5.41, 5.74) is 9.76. The minimum atomic E-state index is -0.460. The zero-order valence-corrected chi connectivity index (χ0v) is 11.5. The van der Waals surface area contributed by atoms with E-state index < -0.39 is 6.10 Å². The molecule has 7 heteroatoms. The van der Waals surface area contributed by atoms with Gasteiger partial charge in [-0.1, -0.05) is 0 Å². The summed E-state index contributed by atoms with van der Waals surface area (Å²) in [7, 11) is 0. The van der Waals surface area contributed by atoms with Crippen LogP contribution in [0, 0.1) is 0 Å². The molecule has 0 aromatic carbocycles. The molecule has 0 bridgehead atoms. The number of anilines is 2. The fourth-order valence-corrected chi connectivity index (χ4v) is 2.09. The van der Waals surface area contributed by atoms with E-state index in [-0.39, 0.29) is 0 Å². The van der Waals surface area contributed by atoms with Gasteiger partial charge in [0.2, 0.25) is 0 Å². The molecule has 0 unspecified atom stereocenters. The highest BCUT2D eigenvalue weighted by Crippen LogP contribution is 2.26. The molecule has 108 valence electrons. The molecule has 1 atom stereocenters. The smallest absolute Gasteiger partial charge is 0.126 e. The quantitative estimate of drug-likeness (QED) is 0.576. The molecule has 0 aliphatic rings. The number of hydrogen-bond acceptors (Lipinski definition) is 6. The van der Waals surface area contributed by atoms with E-state index in [0.29, 0.717) is 23.4 Å². The first-order chi connectivity index (χ1) is 10.1. The predicted molar refractivity (Wildman–Crippen MR) is 81.7 cm³/mol. The topological polar surface area (TPSA) is 113 Å². The lowest BCUT2D eigenvalue weighted by molar-refractivity contribution is 0.208. The number of nitrogens with zero attached hydrogens (tertiary/aromatic N) is 3. The molecule has 0 saturated heterocycles. The van der Waals surface area contributed by atoms with Crippen LogP contribution in [-0.2, 0) is 0 Å². The fraction of sp³-hybridized carbons (Fsp3) is 0.214. The number of H-pyrrole nitrogens is 1. The number of nitrogen functional groups attached to an aromatic ring is 1. The Kier molecular flexibility index (Phi) is 3.41. The SMILES string of the molecule is C[C@@H](O)CNc1cc(N)nc2cc(-c3ccn[nH]3)cnc12. The second-order valence-electron chi connectivity index (χ2n) is 4.89. The highest BCUT2D eigenvalue weighted by molar-refractivity contribution is 5.91. The Balaban J connectivity index is 2.05. The molecule has 0 saturated carbocycles. The average molecular weight is 284 g/mol. The third kappa shape index (κ3) is 2.77. The Morgan fingerprint density at radius 3 is 3.00 bits per heavy atom. The first-order valence-corrected chi connectivity index (χ1v) is 6.61. The number of fused-ring (bicyclic) bond motifs is 1. The minimum Gasteiger partial charge on any atom is -0.392 e. The number of hydrogen-bond donors (Lipinski definition) is 4. The van der Waals surface area contributed by atoms with E-state index in [1.54, 1.807) is 25.4 Å². The highest BCUT2D eigenvalue weighted by Gasteiger charge is 2.09. The Morgan fingerprint density at radius 2 is 2.29 bits per heavy atom. The second kappa shape index (κ2) is 5.37. The molecule has 0 spiro atoms. The van der Waals surface area contributed by atoms with Gasteiger partial charge in [0.1, 0.15) is 11.3 Å². The molecular formula is C14H16N6O. The van der Waals surface area contributed by atoms with Crippen molar-refractivity contribution in [3.63, 3.8) is 0 Å². The van der Waals surface area contributed by atoms with Gasteiger partial charge in [-0.2, -0.15) is 5.10 Å². The first-order valence-electron chi connectivity index (χ1n) is 6.61. The molecule has 0 amide bonds. The van der Waals surface area contributed by atoms with Crippen molar-refractivity contribution in [3.8, 4) is 11.3 Å². The third-order valence-corrected chi connectivity index (χ3v) is 3.06. The van der Waals surface area contributed by atoms with Crippen LogP contribution < -0.4 is 11.1 Å². The Bertz CT molecular complexity index is 754. The van der Waals surface area contributed by atoms with Crippen LogP contribution in [0.3, 0.4) is 0 Å². The Morgan fingerprint density at radius 1 is 1.43 bits per heavy atom. The molecule has 3 aromatic heterocycles. The summed E-state index contributed by atoms with van der Waals surface area (Å²) in [6.07, 6.45) is 2.97. The summed E-state index contributed by atoms with van der Waals surface area (Å²) in [4.78, 5) is 8.76. The highest BCUT2D eigenvalue weighted by atomic mass is 16.3. The number of aliphatic hydroxyl groups is 1. The molecule has 3 heterocycles. The number of aromatic amines is 1. The molecule has 0 fully saturated rings. The first kappa shape index (κ1) is 13.3. The van der Waals surface area contributed by atoms with E-state index in [0.717, 1.165) is 16.9 Å². The summed E-state index contributed by atoms with van der Waals surface area (Å²) in [6, 6.07) is 5.48. The van der Waals surface area contributed by atoms with Crippen LogP contribution in [0.4, 0.5) is 11.5 Å². The number of nitrogens with one attached hydrogen (secondary N) is 2. The molecule has 7 nitrogen and oxygen atoms in total. The number of aliphatic hydroxyl groups excluding tert-OH is 1. The average Bonchev–Trinajstić information content (AvgIpc) is 2.98. The van der Waals surface area contributed by atoms with Crippen LogP contribution in [0.1, 0.15) is 6.92 Å². The summed E-state index contributed by atoms with van der Waals surface area (Å²) in [6.45, 7) is 2.13. The van der Waals surface area contributed by atoms with Gasteiger partial charge < -0.3 is 16.2 Å². The number of pyridine rings is 2. The Hall–Kier alpha value is -2.67. The van der Waals surface area contributed by atoms with Gasteiger partial charge in [0, 0.05) is 30.6 Å². The van der Waals surface area contributed by atoms with E-state index in [1.165, 1.54) is 0 Å². The van der Waals surface area contributed by atoms with E-state index in [1.807, 2.05) is 12.1 Å². The van der Waals surface area contributed by atoms with Gasteiger partial charge in [-0.15, -0.1) is 0 Å². The monoisotopic (exact) mass is 284 g/mol. The van der Waals surface area contributed by atoms with Crippen LogP contribution in [-0.4, -0.2) is 37.9 Å². The summed E-state index contributed by atoms with van der Waals surface area (Å²) in [5.74, 6) is 0.402. The second-order valence-corrected chi connectivity index (χ2v) is 4.89. The Labute approximate surface area is 121 Å². The van der Waals surface area contributed by atoms with Gasteiger partial charge in [-0.05, 0) is 19.1 Å². The zero-order valence-electron chi connectivity index (χ0n) is 11.5. The largest absolute Gasteiger partial charge is 0.392 e. The van der Waals surface area contributed by atoms with Gasteiger partial charge in [0.25, 0.3) is 0 Å². The molecule has 5 N–H and O–H groups in total. The van der Waals surface area contributed by atoms with Crippen LogP contribution in [0.2, 0.25) is 0 Å². The van der Waals surface area contributed by atoms with Gasteiger partial charge in [-0.25, -0.2) is 4.98 Å². The number of rotatable bonds is 4. The van der Waals surface area contributed by atoms with Crippen molar-refractivity contribution in [2.75, 3.05) is 17.6 Å². The van der Waals surface area contributed by atoms with E-state index in [4.69, 9.17) is 5.73 Å². The molecule has 0 radical (unpaired) electrons. The van der Waals surface area contributed by atoms with E-state index >= 15 is 0 Å². The van der Waals surface area contributed by atoms with Crippen LogP contribution in [0.15, 0.2) is 30.6 Å². The maximum atomic E-state index is 9.38. The lowest BCUT2D eigenvalue weighted by Gasteiger charge is -2.11. The van der Waals surface area contributed by atoms with Crippen molar-refractivity contribution >= 4 is 22.5 Å². The lowest BCUT2D eigenvalue weighted by atomic mass is 10.1. The van der Waals surface area contributed by atoms with Gasteiger partial charge >= 0.3 is 0 Å². The lowest BCUT2D eigenvalue weighted by Crippen LogP contribution is -2.16. The summed E-state index contributed by atoms with van der Waals surface area (Å²) >= 11 is 0. The molecule has 21 heavy (non-hydrogen) atoms. The van der Waals surface area contributed by atoms with Gasteiger partial charge in [-0.3, -0.25) is 10.1 Å². The van der Waals surface area contributed by atoms with Crippen molar-refractivity contribution in [2.45, 2.75) is 13.0 Å². The zero-order chi connectivity index (χ0) is 14.8. The summed E-state index contributed by atoms with van der Waals surface area (Å²) in [5, 5.41) is 19.3. The molecule has 3 rings (SSSR count).